The number of aromatic nitrogens is 4. The number of nitrogens with zero attached hydrogens (tertiary/aromatic N) is 5. The molecule has 1 aliphatic heterocycles. The van der Waals surface area contributed by atoms with E-state index in [1.54, 1.807) is 39.0 Å². The quantitative estimate of drug-likeness (QED) is 0.714. The molecule has 0 radical (unpaired) electrons. The first-order valence-electron chi connectivity index (χ1n) is 8.85. The zero-order valence-corrected chi connectivity index (χ0v) is 17.6. The number of alkyl carbamates (subject to hydrolysis) is 1. The Balaban J connectivity index is 1.72. The summed E-state index contributed by atoms with van der Waals surface area (Å²) in [6.45, 7) is 5.84. The number of tetrazole rings is 1. The number of hydrogen-bond donors (Lipinski definition) is 1. The van der Waals surface area contributed by atoms with E-state index < -0.39 is 23.4 Å². The van der Waals surface area contributed by atoms with Crippen molar-refractivity contribution in [2.75, 3.05) is 13.1 Å². The molecule has 1 fully saturated rings. The van der Waals surface area contributed by atoms with E-state index in [0.717, 1.165) is 4.68 Å². The summed E-state index contributed by atoms with van der Waals surface area (Å²) in [6, 6.07) is 3.76. The third kappa shape index (κ3) is 4.70. The van der Waals surface area contributed by atoms with Crippen molar-refractivity contribution in [3.05, 3.63) is 38.7 Å². The monoisotopic (exact) mass is 442 g/mol. The lowest BCUT2D eigenvalue weighted by atomic mass is 10.2. The van der Waals surface area contributed by atoms with Crippen molar-refractivity contribution < 1.29 is 14.3 Å². The summed E-state index contributed by atoms with van der Waals surface area (Å²) in [7, 11) is 0. The highest BCUT2D eigenvalue weighted by molar-refractivity contribution is 6.37. The lowest BCUT2D eigenvalue weighted by Gasteiger charge is -2.21. The average molecular weight is 443 g/mol. The van der Waals surface area contributed by atoms with Gasteiger partial charge in [-0.1, -0.05) is 29.3 Å². The highest BCUT2D eigenvalue weighted by Gasteiger charge is 2.31. The fraction of sp³-hybridized carbons (Fsp3) is 0.471. The number of hydrogen-bond acceptors (Lipinski definition) is 6. The second-order valence-corrected chi connectivity index (χ2v) is 8.33. The topological polar surface area (TPSA) is 111 Å². The zero-order valence-electron chi connectivity index (χ0n) is 16.1. The molecule has 0 unspecified atom stereocenters. The molecule has 12 heteroatoms. The van der Waals surface area contributed by atoms with Crippen LogP contribution in [0, 0.1) is 0 Å². The molecule has 1 atom stereocenters. The zero-order chi connectivity index (χ0) is 21.3. The SMILES string of the molecule is CC(C)(C)OC(=O)N[C@H]1CCN(C(=O)n2nnn(-c3c(Cl)cccc3Cl)c2=O)C1. The average Bonchev–Trinajstić information content (AvgIpc) is 3.20. The van der Waals surface area contributed by atoms with Gasteiger partial charge in [0.2, 0.25) is 0 Å². The number of halogens is 2. The molecule has 1 aliphatic rings. The smallest absolute Gasteiger partial charge is 0.407 e. The van der Waals surface area contributed by atoms with Gasteiger partial charge in [-0.25, -0.2) is 14.4 Å². The molecule has 2 aromatic rings. The van der Waals surface area contributed by atoms with Crippen molar-refractivity contribution in [1.29, 1.82) is 0 Å². The maximum absolute atomic E-state index is 12.7. The molecule has 2 heterocycles. The number of benzene rings is 1. The summed E-state index contributed by atoms with van der Waals surface area (Å²) in [5, 5.41) is 10.5. The van der Waals surface area contributed by atoms with E-state index in [1.165, 1.54) is 4.90 Å². The Morgan fingerprint density at radius 3 is 2.48 bits per heavy atom. The molecule has 10 nitrogen and oxygen atoms in total. The standard InChI is InChI=1S/C17H20Cl2N6O4/c1-17(2,3)29-14(26)20-10-7-8-23(9-10)15(27)25-16(28)24(21-22-25)13-11(18)5-4-6-12(13)19/h4-6,10H,7-9H2,1-3H3,(H,20,26)/t10-/m0/s1. The summed E-state index contributed by atoms with van der Waals surface area (Å²) in [5.41, 5.74) is -1.27. The molecule has 156 valence electrons. The number of rotatable bonds is 2. The normalized spacial score (nSPS) is 16.7. The minimum atomic E-state index is -0.798. The van der Waals surface area contributed by atoms with Crippen molar-refractivity contribution in [2.45, 2.75) is 38.8 Å². The second-order valence-electron chi connectivity index (χ2n) is 7.52. The molecule has 1 N–H and O–H groups in total. The van der Waals surface area contributed by atoms with E-state index >= 15 is 0 Å². The Morgan fingerprint density at radius 1 is 1.21 bits per heavy atom. The van der Waals surface area contributed by atoms with Gasteiger partial charge in [0.25, 0.3) is 0 Å². The lowest BCUT2D eigenvalue weighted by molar-refractivity contribution is 0.0506. The van der Waals surface area contributed by atoms with Crippen molar-refractivity contribution in [2.24, 2.45) is 0 Å². The van der Waals surface area contributed by atoms with Gasteiger partial charge in [-0.2, -0.15) is 4.68 Å². The Labute approximate surface area is 176 Å². The highest BCUT2D eigenvalue weighted by atomic mass is 35.5. The maximum atomic E-state index is 12.7. The number of carbonyl (C=O) groups is 2. The van der Waals surface area contributed by atoms with Crippen LogP contribution in [0.4, 0.5) is 9.59 Å². The summed E-state index contributed by atoms with van der Waals surface area (Å²) < 4.78 is 6.72. The predicted molar refractivity (Wildman–Crippen MR) is 106 cm³/mol. The van der Waals surface area contributed by atoms with Crippen LogP contribution in [0.2, 0.25) is 10.0 Å². The summed E-state index contributed by atoms with van der Waals surface area (Å²) in [6.07, 6.45) is -0.0437. The van der Waals surface area contributed by atoms with Crippen LogP contribution in [0.15, 0.2) is 23.0 Å². The first kappa shape index (κ1) is 21.1. The van der Waals surface area contributed by atoms with Gasteiger partial charge in [0, 0.05) is 13.1 Å². The maximum Gasteiger partial charge on any atom is 0.407 e. The van der Waals surface area contributed by atoms with Gasteiger partial charge in [-0.05, 0) is 49.8 Å². The molecule has 1 aromatic heterocycles. The molecule has 1 saturated heterocycles. The van der Waals surface area contributed by atoms with E-state index in [1.807, 2.05) is 0 Å². The predicted octanol–water partition coefficient (Wildman–Crippen LogP) is 2.30. The molecular formula is C17H20Cl2N6O4. The van der Waals surface area contributed by atoms with Crippen LogP contribution >= 0.6 is 23.2 Å². The number of para-hydroxylation sites is 1. The first-order chi connectivity index (χ1) is 13.6. The fourth-order valence-electron chi connectivity index (χ4n) is 2.86. The van der Waals surface area contributed by atoms with Gasteiger partial charge in [0.1, 0.15) is 11.3 Å². The minimum absolute atomic E-state index is 0.144. The molecular weight excluding hydrogens is 423 g/mol. The summed E-state index contributed by atoms with van der Waals surface area (Å²) >= 11 is 12.2. The van der Waals surface area contributed by atoms with Crippen LogP contribution < -0.4 is 11.0 Å². The number of likely N-dealkylation sites (tertiary alicyclic amines) is 1. The third-order valence-corrected chi connectivity index (χ3v) is 4.70. The van der Waals surface area contributed by atoms with Crippen molar-refractivity contribution >= 4 is 35.3 Å². The van der Waals surface area contributed by atoms with E-state index in [-0.39, 0.29) is 28.3 Å². The van der Waals surface area contributed by atoms with E-state index in [9.17, 15) is 14.4 Å². The lowest BCUT2D eigenvalue weighted by Crippen LogP contribution is -2.43. The summed E-state index contributed by atoms with van der Waals surface area (Å²) in [5.74, 6) is 0. The van der Waals surface area contributed by atoms with E-state index in [2.05, 4.69) is 15.7 Å². The van der Waals surface area contributed by atoms with Gasteiger partial charge in [-0.3, -0.25) is 0 Å². The second kappa shape index (κ2) is 8.03. The molecule has 29 heavy (non-hydrogen) atoms. The van der Waals surface area contributed by atoms with Gasteiger partial charge < -0.3 is 15.0 Å². The van der Waals surface area contributed by atoms with E-state index in [0.29, 0.717) is 17.6 Å². The minimum Gasteiger partial charge on any atom is -0.444 e. The van der Waals surface area contributed by atoms with E-state index in [4.69, 9.17) is 27.9 Å². The van der Waals surface area contributed by atoms with Crippen LogP contribution in [0.5, 0.6) is 0 Å². The van der Waals surface area contributed by atoms with Crippen LogP contribution in [0.25, 0.3) is 5.69 Å². The van der Waals surface area contributed by atoms with Gasteiger partial charge in [0.15, 0.2) is 0 Å². The van der Waals surface area contributed by atoms with Crippen LogP contribution in [0.1, 0.15) is 27.2 Å². The number of carbonyl (C=O) groups excluding carboxylic acids is 2. The highest BCUT2D eigenvalue weighted by Crippen LogP contribution is 2.26. The number of amides is 2. The first-order valence-corrected chi connectivity index (χ1v) is 9.60. The van der Waals surface area contributed by atoms with Crippen molar-refractivity contribution in [3.63, 3.8) is 0 Å². The Bertz CT molecular complexity index is 976. The van der Waals surface area contributed by atoms with Crippen molar-refractivity contribution in [3.8, 4) is 5.69 Å². The molecule has 3 rings (SSSR count). The molecule has 0 saturated carbocycles. The van der Waals surface area contributed by atoms with Crippen LogP contribution in [-0.2, 0) is 4.74 Å². The third-order valence-electron chi connectivity index (χ3n) is 4.09. The van der Waals surface area contributed by atoms with Crippen LogP contribution in [-0.4, -0.2) is 61.5 Å². The van der Waals surface area contributed by atoms with Gasteiger partial charge in [0.05, 0.1) is 16.1 Å². The fourth-order valence-corrected chi connectivity index (χ4v) is 3.42. The molecule has 1 aromatic carbocycles. The van der Waals surface area contributed by atoms with Crippen LogP contribution in [0.3, 0.4) is 0 Å². The van der Waals surface area contributed by atoms with Gasteiger partial charge in [-0.15, -0.1) is 4.68 Å². The number of ether oxygens (including phenoxy) is 1. The molecule has 0 bridgehead atoms. The molecule has 0 spiro atoms. The van der Waals surface area contributed by atoms with Crippen molar-refractivity contribution in [1.82, 2.24) is 30.0 Å². The molecule has 0 aliphatic carbocycles. The number of nitrogens with one attached hydrogen (secondary N) is 1. The Kier molecular flexibility index (Phi) is 5.85. The molecule has 2 amide bonds. The van der Waals surface area contributed by atoms with Gasteiger partial charge >= 0.3 is 17.8 Å². The Hall–Kier alpha value is -2.59. The largest absolute Gasteiger partial charge is 0.444 e. The Morgan fingerprint density at radius 2 is 1.86 bits per heavy atom. The summed E-state index contributed by atoms with van der Waals surface area (Å²) in [4.78, 5) is 38.6.